The molecule has 1 rings (SSSR count). The van der Waals surface area contributed by atoms with Crippen LogP contribution in [0.3, 0.4) is 0 Å². The summed E-state index contributed by atoms with van der Waals surface area (Å²) in [4.78, 5) is 10.3. The first kappa shape index (κ1) is 19.4. The second-order valence-corrected chi connectivity index (χ2v) is 5.41. The highest BCUT2D eigenvalue weighted by atomic mass is 16.6. The molecule has 1 saturated heterocycles. The zero-order chi connectivity index (χ0) is 16.1. The fraction of sp³-hybridized carbons (Fsp3) is 0.917. The quantitative estimate of drug-likeness (QED) is 0.335. The van der Waals surface area contributed by atoms with Gasteiger partial charge in [-0.3, -0.25) is 4.79 Å². The average molecular weight is 296 g/mol. The van der Waals surface area contributed by atoms with Crippen LogP contribution in [0, 0.1) is 0 Å². The smallest absolute Gasteiger partial charge is 0.184 e. The van der Waals surface area contributed by atoms with Gasteiger partial charge in [0.2, 0.25) is 0 Å². The average Bonchev–Trinajstić information content (AvgIpc) is 2.28. The lowest BCUT2D eigenvalue weighted by molar-refractivity contribution is -0.286. The summed E-state index contributed by atoms with van der Waals surface area (Å²) in [6.45, 7) is 4.18. The summed E-state index contributed by atoms with van der Waals surface area (Å²) >= 11 is 0. The number of hydrogen-bond acceptors (Lipinski definition) is 8. The highest BCUT2D eigenvalue weighted by molar-refractivity contribution is 5.76. The first-order valence-corrected chi connectivity index (χ1v) is 6.20. The Morgan fingerprint density at radius 1 is 1.10 bits per heavy atom. The van der Waals surface area contributed by atoms with Crippen LogP contribution in [0.2, 0.25) is 0 Å². The largest absolute Gasteiger partial charge is 0.394 e. The van der Waals surface area contributed by atoms with E-state index >= 15 is 0 Å². The number of ketones is 1. The van der Waals surface area contributed by atoms with Gasteiger partial charge in [0.1, 0.15) is 30.2 Å². The van der Waals surface area contributed by atoms with Crippen molar-refractivity contribution < 1.29 is 40.2 Å². The summed E-state index contributed by atoms with van der Waals surface area (Å²) in [7, 11) is 0. The molecule has 8 heteroatoms. The van der Waals surface area contributed by atoms with Gasteiger partial charge in [-0.2, -0.15) is 0 Å². The molecule has 1 aliphatic heterocycles. The second kappa shape index (κ2) is 7.99. The maximum absolute atomic E-state index is 10.3. The number of aliphatic hydroxyl groups is 6. The molecule has 6 N–H and O–H groups in total. The normalized spacial score (nSPS) is 34.1. The highest BCUT2D eigenvalue weighted by Gasteiger charge is 2.42. The van der Waals surface area contributed by atoms with Gasteiger partial charge in [0.25, 0.3) is 0 Å². The number of Topliss-reactive ketones (excluding diaryl/α,β-unsaturated/α-hetero) is 1. The molecule has 5 atom stereocenters. The molecule has 0 aliphatic carbocycles. The Bertz CT molecular complexity index is 296. The van der Waals surface area contributed by atoms with E-state index in [1.807, 2.05) is 0 Å². The summed E-state index contributed by atoms with van der Waals surface area (Å²) in [6.07, 6.45) is -6.80. The maximum Gasteiger partial charge on any atom is 0.184 e. The zero-order valence-electron chi connectivity index (χ0n) is 11.8. The summed E-state index contributed by atoms with van der Waals surface area (Å²) in [6, 6.07) is 0. The van der Waals surface area contributed by atoms with Gasteiger partial charge in [0.15, 0.2) is 6.29 Å². The maximum atomic E-state index is 10.3. The lowest BCUT2D eigenvalue weighted by Crippen LogP contribution is -2.58. The molecular weight excluding hydrogens is 272 g/mol. The number of carbonyl (C=O) groups excluding carboxylic acids is 1. The van der Waals surface area contributed by atoms with Crippen molar-refractivity contribution in [3.05, 3.63) is 0 Å². The van der Waals surface area contributed by atoms with Crippen LogP contribution in [0.5, 0.6) is 0 Å². The molecule has 0 bridgehead atoms. The minimum absolute atomic E-state index is 0.0255. The fourth-order valence-electron chi connectivity index (χ4n) is 1.69. The van der Waals surface area contributed by atoms with E-state index in [1.54, 1.807) is 13.8 Å². The number of rotatable bonds is 3. The van der Waals surface area contributed by atoms with Crippen molar-refractivity contribution >= 4 is 5.78 Å². The summed E-state index contributed by atoms with van der Waals surface area (Å²) < 4.78 is 4.58. The Labute approximate surface area is 117 Å². The van der Waals surface area contributed by atoms with Crippen LogP contribution >= 0.6 is 0 Å². The van der Waals surface area contributed by atoms with Crippen LogP contribution in [0.15, 0.2) is 0 Å². The van der Waals surface area contributed by atoms with E-state index in [2.05, 4.69) is 4.74 Å². The predicted molar refractivity (Wildman–Crippen MR) is 67.6 cm³/mol. The Morgan fingerprint density at radius 3 is 1.90 bits per heavy atom. The molecule has 8 nitrogen and oxygen atoms in total. The Hall–Kier alpha value is -0.610. The summed E-state index contributed by atoms with van der Waals surface area (Å²) in [5.74, 6) is 0.0255. The minimum Gasteiger partial charge on any atom is -0.394 e. The SMILES string of the molecule is CC(=O)CC(C)(C)O.OC[C@H]1O[C@H](O)[C@H](O)[C@@H](O)[C@@H]1O. The van der Waals surface area contributed by atoms with Crippen LogP contribution in [0.25, 0.3) is 0 Å². The van der Waals surface area contributed by atoms with Crippen molar-refractivity contribution in [2.45, 2.75) is 63.5 Å². The molecule has 0 aromatic rings. The fourth-order valence-corrected chi connectivity index (χ4v) is 1.69. The van der Waals surface area contributed by atoms with Gasteiger partial charge in [-0.25, -0.2) is 0 Å². The third kappa shape index (κ3) is 6.71. The van der Waals surface area contributed by atoms with Crippen LogP contribution in [-0.4, -0.2) is 79.3 Å². The van der Waals surface area contributed by atoms with E-state index in [9.17, 15) is 4.79 Å². The summed E-state index contributed by atoms with van der Waals surface area (Å²) in [5.41, 5.74) is -0.828. The molecule has 0 saturated carbocycles. The van der Waals surface area contributed by atoms with Crippen molar-refractivity contribution in [2.24, 2.45) is 0 Å². The molecule has 0 aromatic heterocycles. The molecule has 20 heavy (non-hydrogen) atoms. The van der Waals surface area contributed by atoms with Crippen LogP contribution in [0.4, 0.5) is 0 Å². The van der Waals surface area contributed by atoms with Crippen molar-refractivity contribution in [1.29, 1.82) is 0 Å². The molecule has 1 heterocycles. The van der Waals surface area contributed by atoms with Gasteiger partial charge in [0, 0.05) is 6.42 Å². The number of hydrogen-bond donors (Lipinski definition) is 6. The van der Waals surface area contributed by atoms with Crippen molar-refractivity contribution in [2.75, 3.05) is 6.61 Å². The van der Waals surface area contributed by atoms with E-state index in [-0.39, 0.29) is 12.2 Å². The molecule has 0 spiro atoms. The third-order valence-corrected chi connectivity index (χ3v) is 2.55. The van der Waals surface area contributed by atoms with E-state index in [0.717, 1.165) is 0 Å². The molecule has 0 aromatic carbocycles. The van der Waals surface area contributed by atoms with Gasteiger partial charge in [-0.1, -0.05) is 0 Å². The first-order chi connectivity index (χ1) is 8.99. The predicted octanol–water partition coefficient (Wildman–Crippen LogP) is -2.48. The van der Waals surface area contributed by atoms with Crippen LogP contribution in [-0.2, 0) is 9.53 Å². The second-order valence-electron chi connectivity index (χ2n) is 5.41. The van der Waals surface area contributed by atoms with Gasteiger partial charge in [-0.05, 0) is 20.8 Å². The topological polar surface area (TPSA) is 148 Å². The number of aliphatic hydroxyl groups excluding tert-OH is 5. The van der Waals surface area contributed by atoms with Crippen molar-refractivity contribution in [3.8, 4) is 0 Å². The van der Waals surface area contributed by atoms with Crippen LogP contribution < -0.4 is 0 Å². The third-order valence-electron chi connectivity index (χ3n) is 2.55. The van der Waals surface area contributed by atoms with Crippen molar-refractivity contribution in [1.82, 2.24) is 0 Å². The number of carbonyl (C=O) groups is 1. The van der Waals surface area contributed by atoms with Gasteiger partial charge in [0.05, 0.1) is 12.2 Å². The van der Waals surface area contributed by atoms with Gasteiger partial charge in [-0.15, -0.1) is 0 Å². The highest BCUT2D eigenvalue weighted by Crippen LogP contribution is 2.18. The molecule has 0 amide bonds. The Morgan fingerprint density at radius 2 is 1.60 bits per heavy atom. The van der Waals surface area contributed by atoms with Crippen LogP contribution in [0.1, 0.15) is 27.2 Å². The van der Waals surface area contributed by atoms with E-state index in [0.29, 0.717) is 0 Å². The molecular formula is C12H24O8. The first-order valence-electron chi connectivity index (χ1n) is 6.20. The molecule has 0 unspecified atom stereocenters. The molecule has 120 valence electrons. The van der Waals surface area contributed by atoms with E-state index in [1.165, 1.54) is 6.92 Å². The molecule has 1 fully saturated rings. The summed E-state index contributed by atoms with van der Waals surface area (Å²) in [5, 5.41) is 53.6. The monoisotopic (exact) mass is 296 g/mol. The van der Waals surface area contributed by atoms with Gasteiger partial charge >= 0.3 is 0 Å². The Kier molecular flexibility index (Phi) is 7.74. The lowest BCUT2D eigenvalue weighted by atomic mass is 10.00. The van der Waals surface area contributed by atoms with E-state index in [4.69, 9.17) is 30.6 Å². The standard InChI is InChI=1S/C6H12O6.C6H12O2/c7-1-2-3(8)4(9)5(10)6(11)12-2;1-5(7)4-6(2,3)8/h2-11H,1H2;8H,4H2,1-3H3/t2-,3-,4+,5-,6+;/m1./s1. The minimum atomic E-state index is -1.57. The molecule has 0 radical (unpaired) electrons. The Balaban J connectivity index is 0.000000396. The van der Waals surface area contributed by atoms with Gasteiger partial charge < -0.3 is 35.4 Å². The lowest BCUT2D eigenvalue weighted by Gasteiger charge is -2.37. The number of ether oxygens (including phenoxy) is 1. The molecule has 1 aliphatic rings. The van der Waals surface area contributed by atoms with Crippen molar-refractivity contribution in [3.63, 3.8) is 0 Å². The zero-order valence-corrected chi connectivity index (χ0v) is 11.8. The van der Waals surface area contributed by atoms with E-state index < -0.39 is 42.9 Å².